The van der Waals surface area contributed by atoms with E-state index in [0.29, 0.717) is 30.4 Å². The summed E-state index contributed by atoms with van der Waals surface area (Å²) < 4.78 is 20.1. The van der Waals surface area contributed by atoms with Crippen molar-refractivity contribution in [3.63, 3.8) is 0 Å². The van der Waals surface area contributed by atoms with Crippen LogP contribution in [-0.4, -0.2) is 37.8 Å². The molecule has 1 saturated heterocycles. The molecule has 0 bridgehead atoms. The number of piperidine rings is 1. The molecule has 0 spiro atoms. The zero-order chi connectivity index (χ0) is 15.2. The fourth-order valence-electron chi connectivity index (χ4n) is 2.76. The van der Waals surface area contributed by atoms with Gasteiger partial charge in [-0.2, -0.15) is 0 Å². The van der Waals surface area contributed by atoms with E-state index in [0.717, 1.165) is 25.9 Å². The van der Waals surface area contributed by atoms with Crippen LogP contribution in [0.25, 0.3) is 0 Å². The maximum Gasteiger partial charge on any atom is 0.170 e. The standard InChI is InChI=1S/C16H26FN3O/c1-4-7-18-10-13-5-8-19-16(15(13)17)20-9-6-12(2)14(11-20)21-3/h5,8,12,14,18H,4,6-7,9-11H2,1-3H3. The number of methoxy groups -OCH3 is 1. The predicted molar refractivity (Wildman–Crippen MR) is 83.0 cm³/mol. The number of nitrogens with one attached hydrogen (secondary N) is 1. The molecular formula is C16H26FN3O. The molecule has 0 aromatic carbocycles. The molecule has 1 aliphatic heterocycles. The third-order valence-electron chi connectivity index (χ3n) is 4.18. The second-order valence-corrected chi connectivity index (χ2v) is 5.77. The van der Waals surface area contributed by atoms with Gasteiger partial charge in [0.05, 0.1) is 6.10 Å². The molecule has 2 rings (SSSR count). The van der Waals surface area contributed by atoms with Crippen molar-refractivity contribution >= 4 is 5.82 Å². The number of nitrogens with zero attached hydrogens (tertiary/aromatic N) is 2. The van der Waals surface area contributed by atoms with Crippen molar-refractivity contribution in [3.05, 3.63) is 23.6 Å². The Kier molecular flexibility index (Phi) is 5.94. The maximum absolute atomic E-state index is 14.6. The third kappa shape index (κ3) is 3.92. The number of halogens is 1. The van der Waals surface area contributed by atoms with Crippen LogP contribution in [0.1, 0.15) is 32.3 Å². The molecule has 2 atom stereocenters. The molecule has 4 nitrogen and oxygen atoms in total. The van der Waals surface area contributed by atoms with Crippen LogP contribution in [0.15, 0.2) is 12.3 Å². The molecule has 0 radical (unpaired) electrons. The molecular weight excluding hydrogens is 269 g/mol. The third-order valence-corrected chi connectivity index (χ3v) is 4.18. The summed E-state index contributed by atoms with van der Waals surface area (Å²) in [6.45, 7) is 7.25. The summed E-state index contributed by atoms with van der Waals surface area (Å²) in [5.41, 5.74) is 0.682. The Morgan fingerprint density at radius 3 is 3.05 bits per heavy atom. The van der Waals surface area contributed by atoms with Crippen LogP contribution >= 0.6 is 0 Å². The Morgan fingerprint density at radius 1 is 1.52 bits per heavy atom. The van der Waals surface area contributed by atoms with E-state index in [2.05, 4.69) is 24.1 Å². The fourth-order valence-corrected chi connectivity index (χ4v) is 2.76. The summed E-state index contributed by atoms with van der Waals surface area (Å²) in [4.78, 5) is 6.26. The van der Waals surface area contributed by atoms with Crippen molar-refractivity contribution in [2.75, 3.05) is 31.6 Å². The van der Waals surface area contributed by atoms with Crippen LogP contribution in [0, 0.1) is 11.7 Å². The first-order valence-corrected chi connectivity index (χ1v) is 7.79. The Bertz CT molecular complexity index is 455. The van der Waals surface area contributed by atoms with Crippen LogP contribution in [0.2, 0.25) is 0 Å². The molecule has 118 valence electrons. The van der Waals surface area contributed by atoms with Crippen molar-refractivity contribution < 1.29 is 9.13 Å². The summed E-state index contributed by atoms with van der Waals surface area (Å²) in [7, 11) is 1.72. The number of ether oxygens (including phenoxy) is 1. The second kappa shape index (κ2) is 7.71. The number of hydrogen-bond acceptors (Lipinski definition) is 4. The van der Waals surface area contributed by atoms with E-state index in [1.165, 1.54) is 0 Å². The van der Waals surface area contributed by atoms with Crippen molar-refractivity contribution in [2.24, 2.45) is 5.92 Å². The molecule has 5 heteroatoms. The highest BCUT2D eigenvalue weighted by molar-refractivity contribution is 5.43. The number of hydrogen-bond donors (Lipinski definition) is 1. The first kappa shape index (κ1) is 16.2. The maximum atomic E-state index is 14.6. The molecule has 2 heterocycles. The van der Waals surface area contributed by atoms with E-state index in [-0.39, 0.29) is 11.9 Å². The monoisotopic (exact) mass is 295 g/mol. The summed E-state index contributed by atoms with van der Waals surface area (Å²) in [6, 6.07) is 1.75. The highest BCUT2D eigenvalue weighted by atomic mass is 19.1. The van der Waals surface area contributed by atoms with Gasteiger partial charge in [0.15, 0.2) is 11.6 Å². The lowest BCUT2D eigenvalue weighted by molar-refractivity contribution is 0.0494. The Morgan fingerprint density at radius 2 is 2.33 bits per heavy atom. The van der Waals surface area contributed by atoms with E-state index in [9.17, 15) is 4.39 Å². The van der Waals surface area contributed by atoms with Crippen LogP contribution < -0.4 is 10.2 Å². The largest absolute Gasteiger partial charge is 0.379 e. The van der Waals surface area contributed by atoms with Gasteiger partial charge in [-0.1, -0.05) is 13.8 Å². The highest BCUT2D eigenvalue weighted by Gasteiger charge is 2.28. The van der Waals surface area contributed by atoms with Gasteiger partial charge in [-0.05, 0) is 31.4 Å². The number of rotatable bonds is 6. The van der Waals surface area contributed by atoms with E-state index in [4.69, 9.17) is 4.74 Å². The van der Waals surface area contributed by atoms with Crippen LogP contribution in [0.5, 0.6) is 0 Å². The van der Waals surface area contributed by atoms with Gasteiger partial charge in [0, 0.05) is 38.5 Å². The first-order chi connectivity index (χ1) is 10.2. The lowest BCUT2D eigenvalue weighted by Gasteiger charge is -2.37. The van der Waals surface area contributed by atoms with Gasteiger partial charge in [-0.3, -0.25) is 0 Å². The topological polar surface area (TPSA) is 37.4 Å². The number of aromatic nitrogens is 1. The lowest BCUT2D eigenvalue weighted by atomic mass is 9.96. The molecule has 21 heavy (non-hydrogen) atoms. The average molecular weight is 295 g/mol. The summed E-state index contributed by atoms with van der Waals surface area (Å²) in [5, 5.41) is 3.24. The van der Waals surface area contributed by atoms with E-state index >= 15 is 0 Å². The molecule has 1 N–H and O–H groups in total. The minimum atomic E-state index is -0.203. The average Bonchev–Trinajstić information content (AvgIpc) is 2.50. The van der Waals surface area contributed by atoms with Crippen molar-refractivity contribution in [1.82, 2.24) is 10.3 Å². The molecule has 2 unspecified atom stereocenters. The van der Waals surface area contributed by atoms with Gasteiger partial charge in [-0.15, -0.1) is 0 Å². The number of pyridine rings is 1. The SMILES string of the molecule is CCCNCc1ccnc(N2CCC(C)C(OC)C2)c1F. The van der Waals surface area contributed by atoms with E-state index in [1.807, 2.05) is 4.90 Å². The van der Waals surface area contributed by atoms with Gasteiger partial charge in [-0.25, -0.2) is 9.37 Å². The van der Waals surface area contributed by atoms with Gasteiger partial charge < -0.3 is 15.0 Å². The summed E-state index contributed by atoms with van der Waals surface area (Å²) >= 11 is 0. The Hall–Kier alpha value is -1.20. The zero-order valence-electron chi connectivity index (χ0n) is 13.2. The number of anilines is 1. The van der Waals surface area contributed by atoms with E-state index < -0.39 is 0 Å². The molecule has 0 amide bonds. The summed E-state index contributed by atoms with van der Waals surface area (Å²) in [6.07, 6.45) is 3.87. The normalized spacial score (nSPS) is 22.6. The molecule has 1 aromatic rings. The van der Waals surface area contributed by atoms with Crippen LogP contribution in [0.4, 0.5) is 10.2 Å². The van der Waals surface area contributed by atoms with Gasteiger partial charge in [0.25, 0.3) is 0 Å². The fraction of sp³-hybridized carbons (Fsp3) is 0.688. The molecule has 1 aliphatic rings. The Balaban J connectivity index is 2.10. The van der Waals surface area contributed by atoms with Crippen LogP contribution in [-0.2, 0) is 11.3 Å². The first-order valence-electron chi connectivity index (χ1n) is 7.79. The molecule has 0 saturated carbocycles. The molecule has 1 fully saturated rings. The van der Waals surface area contributed by atoms with E-state index in [1.54, 1.807) is 19.4 Å². The highest BCUT2D eigenvalue weighted by Crippen LogP contribution is 2.26. The van der Waals surface area contributed by atoms with Gasteiger partial charge in [0.1, 0.15) is 0 Å². The Labute approximate surface area is 126 Å². The molecule has 1 aromatic heterocycles. The molecule has 0 aliphatic carbocycles. The van der Waals surface area contributed by atoms with Crippen molar-refractivity contribution in [2.45, 2.75) is 39.3 Å². The van der Waals surface area contributed by atoms with Gasteiger partial charge >= 0.3 is 0 Å². The zero-order valence-corrected chi connectivity index (χ0v) is 13.2. The summed E-state index contributed by atoms with van der Waals surface area (Å²) in [5.74, 6) is 0.758. The lowest BCUT2D eigenvalue weighted by Crippen LogP contribution is -2.44. The quantitative estimate of drug-likeness (QED) is 0.819. The van der Waals surface area contributed by atoms with Crippen molar-refractivity contribution in [3.8, 4) is 0 Å². The minimum absolute atomic E-state index is 0.141. The van der Waals surface area contributed by atoms with Crippen LogP contribution in [0.3, 0.4) is 0 Å². The minimum Gasteiger partial charge on any atom is -0.379 e. The van der Waals surface area contributed by atoms with Crippen molar-refractivity contribution in [1.29, 1.82) is 0 Å². The second-order valence-electron chi connectivity index (χ2n) is 5.77. The smallest absolute Gasteiger partial charge is 0.170 e. The van der Waals surface area contributed by atoms with Gasteiger partial charge in [0.2, 0.25) is 0 Å². The predicted octanol–water partition coefficient (Wildman–Crippen LogP) is 2.58.